The van der Waals surface area contributed by atoms with Crippen molar-refractivity contribution in [2.45, 2.75) is 50.6 Å². The summed E-state index contributed by atoms with van der Waals surface area (Å²) in [6.07, 6.45) is 6.44. The van der Waals surface area contributed by atoms with Crippen LogP contribution in [0.15, 0.2) is 42.5 Å². The summed E-state index contributed by atoms with van der Waals surface area (Å²) >= 11 is 6.84. The number of phenolic OH excluding ortho intramolecular Hbond substituents is 1. The van der Waals surface area contributed by atoms with E-state index in [1.54, 1.807) is 18.2 Å². The largest absolute Gasteiger partial charge is 0.508 e. The first-order valence-corrected chi connectivity index (χ1v) is 15.0. The van der Waals surface area contributed by atoms with E-state index in [4.69, 9.17) is 21.3 Å². The predicted molar refractivity (Wildman–Crippen MR) is 164 cm³/mol. The van der Waals surface area contributed by atoms with Gasteiger partial charge in [0.1, 0.15) is 17.1 Å². The molecule has 0 saturated carbocycles. The molecule has 216 valence electrons. The first kappa shape index (κ1) is 27.9. The number of nitrogens with zero attached hydrogens (tertiary/aromatic N) is 4. The minimum Gasteiger partial charge on any atom is -0.508 e. The lowest BCUT2D eigenvalue weighted by Crippen LogP contribution is -2.51. The Morgan fingerprint density at radius 2 is 1.78 bits per heavy atom. The van der Waals surface area contributed by atoms with Crippen LogP contribution in [0.4, 0.5) is 10.2 Å². The molecule has 0 amide bonds. The maximum atomic E-state index is 16.6. The second kappa shape index (κ2) is 12.0. The van der Waals surface area contributed by atoms with Crippen LogP contribution < -0.4 is 15.0 Å². The molecule has 2 fully saturated rings. The number of hydrogen-bond donors (Lipinski definition) is 2. The molecule has 2 N–H and O–H groups in total. The first-order valence-electron chi connectivity index (χ1n) is 14.6. The SMILES string of the molecule is CN(C)CCCCCCOc1nc(N2C[C@H]3CC[C@@H](C2)N3)c2cc(Cl)c(-c3cc(O)cc4ccccc34)c(F)c2n1. The highest BCUT2D eigenvalue weighted by atomic mass is 35.5. The Bertz CT molecular complexity index is 1550. The Morgan fingerprint density at radius 3 is 2.56 bits per heavy atom. The number of phenols is 1. The molecule has 2 atom stereocenters. The molecule has 3 aromatic carbocycles. The molecule has 7 nitrogen and oxygen atoms in total. The van der Waals surface area contributed by atoms with Crippen molar-refractivity contribution in [3.05, 3.63) is 53.3 Å². The van der Waals surface area contributed by atoms with Gasteiger partial charge in [-0.1, -0.05) is 48.7 Å². The molecule has 0 unspecified atom stereocenters. The van der Waals surface area contributed by atoms with Gasteiger partial charge in [-0.25, -0.2) is 4.39 Å². The summed E-state index contributed by atoms with van der Waals surface area (Å²) in [6.45, 7) is 3.11. The number of anilines is 1. The first-order chi connectivity index (χ1) is 19.9. The Kier molecular flexibility index (Phi) is 8.15. The highest BCUT2D eigenvalue weighted by Gasteiger charge is 2.34. The van der Waals surface area contributed by atoms with Gasteiger partial charge in [-0.3, -0.25) is 0 Å². The molecular weight excluding hydrogens is 541 g/mol. The van der Waals surface area contributed by atoms with E-state index in [2.05, 4.69) is 34.2 Å². The number of piperazine rings is 1. The number of ether oxygens (including phenoxy) is 1. The maximum Gasteiger partial charge on any atom is 0.319 e. The lowest BCUT2D eigenvalue weighted by atomic mass is 9.96. The highest BCUT2D eigenvalue weighted by Crippen LogP contribution is 2.42. The van der Waals surface area contributed by atoms with Gasteiger partial charge in [-0.2, -0.15) is 9.97 Å². The van der Waals surface area contributed by atoms with Gasteiger partial charge in [-0.05, 0) is 80.9 Å². The summed E-state index contributed by atoms with van der Waals surface area (Å²) in [5.41, 5.74) is 0.905. The molecule has 6 rings (SSSR count). The van der Waals surface area contributed by atoms with Gasteiger partial charge in [0.2, 0.25) is 0 Å². The third-order valence-corrected chi connectivity index (χ3v) is 8.50. The van der Waals surface area contributed by atoms with Crippen LogP contribution in [-0.2, 0) is 0 Å². The van der Waals surface area contributed by atoms with Gasteiger partial charge in [0, 0.05) is 36.1 Å². The van der Waals surface area contributed by atoms with Gasteiger partial charge in [0.25, 0.3) is 0 Å². The normalized spacial score (nSPS) is 18.6. The van der Waals surface area contributed by atoms with Crippen LogP contribution >= 0.6 is 11.6 Å². The number of hydrogen-bond acceptors (Lipinski definition) is 7. The molecule has 2 aliphatic heterocycles. The van der Waals surface area contributed by atoms with Crippen molar-refractivity contribution in [2.75, 3.05) is 45.2 Å². The lowest BCUT2D eigenvalue weighted by molar-refractivity contribution is 0.280. The molecule has 41 heavy (non-hydrogen) atoms. The summed E-state index contributed by atoms with van der Waals surface area (Å²) in [4.78, 5) is 13.8. The second-order valence-electron chi connectivity index (χ2n) is 11.6. The summed E-state index contributed by atoms with van der Waals surface area (Å²) in [5, 5.41) is 16.5. The van der Waals surface area contributed by atoms with E-state index >= 15 is 4.39 Å². The summed E-state index contributed by atoms with van der Waals surface area (Å²) in [5.74, 6) is 0.157. The van der Waals surface area contributed by atoms with E-state index in [0.717, 1.165) is 68.9 Å². The zero-order valence-corrected chi connectivity index (χ0v) is 24.4. The fourth-order valence-electron chi connectivity index (χ4n) is 6.23. The van der Waals surface area contributed by atoms with Crippen LogP contribution in [-0.4, -0.2) is 72.4 Å². The smallest absolute Gasteiger partial charge is 0.319 e. The molecule has 3 heterocycles. The molecule has 4 aromatic rings. The monoisotopic (exact) mass is 577 g/mol. The van der Waals surface area contributed by atoms with E-state index in [1.807, 2.05) is 24.3 Å². The molecule has 2 aliphatic rings. The molecular formula is C32H37ClFN5O2. The number of fused-ring (bicyclic) bond motifs is 4. The van der Waals surface area contributed by atoms with Crippen LogP contribution in [0, 0.1) is 5.82 Å². The average Bonchev–Trinajstić information content (AvgIpc) is 3.29. The number of halogens is 2. The molecule has 0 radical (unpaired) electrons. The second-order valence-corrected chi connectivity index (χ2v) is 12.0. The zero-order chi connectivity index (χ0) is 28.5. The van der Waals surface area contributed by atoms with Crippen molar-refractivity contribution in [1.29, 1.82) is 0 Å². The van der Waals surface area contributed by atoms with Crippen molar-refractivity contribution >= 4 is 39.1 Å². The van der Waals surface area contributed by atoms with Gasteiger partial charge in [0.05, 0.1) is 11.6 Å². The van der Waals surface area contributed by atoms with Gasteiger partial charge in [-0.15, -0.1) is 0 Å². The fraction of sp³-hybridized carbons (Fsp3) is 0.438. The van der Waals surface area contributed by atoms with Gasteiger partial charge in [0.15, 0.2) is 5.82 Å². The standard InChI is InChI=1S/C32H37ClFN5O2/c1-38(2)13-7-3-4-8-14-41-32-36-30-26(31(37-32)39-18-21-11-12-22(19-39)35-21)17-27(33)28(29(30)34)25-16-23(40)15-20-9-5-6-10-24(20)25/h5-6,9-10,15-17,21-22,35,40H,3-4,7-8,11-14,18-19H2,1-2H3/t21-,22+. The molecule has 9 heteroatoms. The van der Waals surface area contributed by atoms with Crippen molar-refractivity contribution in [2.24, 2.45) is 0 Å². The highest BCUT2D eigenvalue weighted by molar-refractivity contribution is 6.35. The lowest BCUT2D eigenvalue weighted by Gasteiger charge is -2.34. The number of unbranched alkanes of at least 4 members (excludes halogenated alkanes) is 3. The van der Waals surface area contributed by atoms with E-state index in [1.165, 1.54) is 0 Å². The van der Waals surface area contributed by atoms with E-state index < -0.39 is 5.82 Å². The number of benzene rings is 3. The maximum absolute atomic E-state index is 16.6. The van der Waals surface area contributed by atoms with Crippen molar-refractivity contribution in [3.8, 4) is 22.9 Å². The third-order valence-electron chi connectivity index (χ3n) is 8.21. The number of aromatic hydroxyl groups is 1. The predicted octanol–water partition coefficient (Wildman–Crippen LogP) is 6.39. The minimum atomic E-state index is -0.543. The van der Waals surface area contributed by atoms with Gasteiger partial charge < -0.3 is 25.0 Å². The number of nitrogens with one attached hydrogen (secondary N) is 1. The fourth-order valence-corrected chi connectivity index (χ4v) is 6.52. The molecule has 2 bridgehead atoms. The molecule has 1 aromatic heterocycles. The third kappa shape index (κ3) is 5.92. The van der Waals surface area contributed by atoms with Crippen LogP contribution in [0.3, 0.4) is 0 Å². The number of aromatic nitrogens is 2. The number of rotatable bonds is 10. The Morgan fingerprint density at radius 1 is 1.02 bits per heavy atom. The van der Waals surface area contributed by atoms with Crippen molar-refractivity contribution in [3.63, 3.8) is 0 Å². The van der Waals surface area contributed by atoms with E-state index in [0.29, 0.717) is 35.5 Å². The summed E-state index contributed by atoms with van der Waals surface area (Å²) in [6, 6.07) is 13.5. The Labute approximate surface area is 245 Å². The van der Waals surface area contributed by atoms with E-state index in [9.17, 15) is 5.11 Å². The van der Waals surface area contributed by atoms with Crippen molar-refractivity contribution in [1.82, 2.24) is 20.2 Å². The molecule has 0 spiro atoms. The quantitative estimate of drug-likeness (QED) is 0.212. The Hall–Kier alpha value is -3.20. The van der Waals surface area contributed by atoms with Crippen molar-refractivity contribution < 1.29 is 14.2 Å². The topological polar surface area (TPSA) is 73.8 Å². The van der Waals surface area contributed by atoms with E-state index in [-0.39, 0.29) is 27.9 Å². The van der Waals surface area contributed by atoms with Crippen LogP contribution in [0.2, 0.25) is 5.02 Å². The molecule has 0 aliphatic carbocycles. The van der Waals surface area contributed by atoms with Crippen LogP contribution in [0.5, 0.6) is 11.8 Å². The average molecular weight is 578 g/mol. The zero-order valence-electron chi connectivity index (χ0n) is 23.7. The minimum absolute atomic E-state index is 0.0449. The van der Waals surface area contributed by atoms with Crippen LogP contribution in [0.25, 0.3) is 32.8 Å². The molecule has 2 saturated heterocycles. The Balaban J connectivity index is 1.38. The summed E-state index contributed by atoms with van der Waals surface area (Å²) < 4.78 is 22.7. The summed E-state index contributed by atoms with van der Waals surface area (Å²) in [7, 11) is 4.17. The van der Waals surface area contributed by atoms with Gasteiger partial charge >= 0.3 is 6.01 Å². The van der Waals surface area contributed by atoms with Crippen LogP contribution in [0.1, 0.15) is 38.5 Å².